The van der Waals surface area contributed by atoms with Crippen molar-refractivity contribution in [3.8, 4) is 0 Å². The van der Waals surface area contributed by atoms with Crippen LogP contribution in [0.3, 0.4) is 0 Å². The van der Waals surface area contributed by atoms with Crippen LogP contribution in [0.5, 0.6) is 0 Å². The van der Waals surface area contributed by atoms with Gasteiger partial charge in [-0.25, -0.2) is 4.79 Å². The molecule has 1 aromatic rings. The van der Waals surface area contributed by atoms with Crippen LogP contribution in [-0.2, 0) is 9.59 Å². The highest BCUT2D eigenvalue weighted by Crippen LogP contribution is 2.27. The number of carboxylic acids is 1. The number of carbonyl (C=O) groups is 2. The second-order valence-electron chi connectivity index (χ2n) is 4.82. The number of carboxylic acid groups (broad SMARTS) is 1. The summed E-state index contributed by atoms with van der Waals surface area (Å²) >= 11 is 0. The highest BCUT2D eigenvalue weighted by atomic mass is 16.4. The third-order valence-electron chi connectivity index (χ3n) is 3.10. The highest BCUT2D eigenvalue weighted by Gasteiger charge is 2.23. The molecule has 5 heteroatoms. The number of amides is 1. The van der Waals surface area contributed by atoms with E-state index < -0.39 is 12.0 Å². The van der Waals surface area contributed by atoms with E-state index >= 15 is 0 Å². The van der Waals surface area contributed by atoms with Crippen molar-refractivity contribution >= 4 is 11.9 Å². The molecule has 3 N–H and O–H groups in total. The highest BCUT2D eigenvalue weighted by molar-refractivity contribution is 5.85. The molecule has 0 aromatic heterocycles. The van der Waals surface area contributed by atoms with Gasteiger partial charge < -0.3 is 15.7 Å². The number of carbonyl (C=O) groups excluding carboxylic acids is 1. The molecule has 19 heavy (non-hydrogen) atoms. The van der Waals surface area contributed by atoms with E-state index in [0.29, 0.717) is 11.5 Å². The van der Waals surface area contributed by atoms with Crippen molar-refractivity contribution in [1.82, 2.24) is 10.6 Å². The van der Waals surface area contributed by atoms with Crippen molar-refractivity contribution < 1.29 is 14.7 Å². The molecule has 1 aliphatic carbocycles. The van der Waals surface area contributed by atoms with Gasteiger partial charge in [0.05, 0.1) is 6.54 Å². The number of nitrogens with one attached hydrogen (secondary N) is 2. The molecule has 1 unspecified atom stereocenters. The Morgan fingerprint density at radius 3 is 2.53 bits per heavy atom. The van der Waals surface area contributed by atoms with Gasteiger partial charge in [-0.1, -0.05) is 30.3 Å². The summed E-state index contributed by atoms with van der Waals surface area (Å²) in [4.78, 5) is 22.9. The van der Waals surface area contributed by atoms with Gasteiger partial charge in [-0.05, 0) is 30.9 Å². The van der Waals surface area contributed by atoms with Gasteiger partial charge in [-0.2, -0.15) is 0 Å². The van der Waals surface area contributed by atoms with Gasteiger partial charge in [0.1, 0.15) is 0 Å². The number of aliphatic carboxylic acids is 1. The fraction of sp³-hybridized carbons (Fsp3) is 0.429. The lowest BCUT2D eigenvalue weighted by Crippen LogP contribution is -2.39. The molecule has 1 atom stereocenters. The average Bonchev–Trinajstić information content (AvgIpc) is 3.21. The maximum Gasteiger partial charge on any atom is 0.330 e. The summed E-state index contributed by atoms with van der Waals surface area (Å²) in [5.74, 6) is -0.657. The molecule has 2 rings (SSSR count). The van der Waals surface area contributed by atoms with Crippen molar-refractivity contribution in [2.24, 2.45) is 5.92 Å². The van der Waals surface area contributed by atoms with Crippen LogP contribution in [-0.4, -0.2) is 30.1 Å². The molecule has 0 heterocycles. The summed E-state index contributed by atoms with van der Waals surface area (Å²) in [6, 6.07) is 7.71. The van der Waals surface area contributed by atoms with Crippen LogP contribution in [0.4, 0.5) is 0 Å². The van der Waals surface area contributed by atoms with Gasteiger partial charge in [0.25, 0.3) is 0 Å². The third-order valence-corrected chi connectivity index (χ3v) is 3.10. The minimum atomic E-state index is -1.05. The van der Waals surface area contributed by atoms with Crippen LogP contribution in [0.25, 0.3) is 0 Å². The molecule has 0 bridgehead atoms. The van der Waals surface area contributed by atoms with Gasteiger partial charge in [-0.3, -0.25) is 4.79 Å². The van der Waals surface area contributed by atoms with Gasteiger partial charge in [0.15, 0.2) is 6.04 Å². The molecule has 1 aromatic carbocycles. The first kappa shape index (κ1) is 13.5. The van der Waals surface area contributed by atoms with Crippen molar-refractivity contribution in [1.29, 1.82) is 0 Å². The Morgan fingerprint density at radius 2 is 1.95 bits per heavy atom. The Morgan fingerprint density at radius 1 is 1.26 bits per heavy atom. The molecule has 1 amide bonds. The van der Waals surface area contributed by atoms with Gasteiger partial charge in [0, 0.05) is 0 Å². The number of hydrogen-bond acceptors (Lipinski definition) is 3. The fourth-order valence-corrected chi connectivity index (χ4v) is 1.86. The molecule has 1 aliphatic rings. The van der Waals surface area contributed by atoms with E-state index in [2.05, 4.69) is 10.6 Å². The summed E-state index contributed by atoms with van der Waals surface area (Å²) in [6.07, 6.45) is 2.44. The Kier molecular flexibility index (Phi) is 4.52. The molecule has 0 saturated heterocycles. The van der Waals surface area contributed by atoms with Crippen LogP contribution in [0, 0.1) is 5.92 Å². The number of hydrogen-bond donors (Lipinski definition) is 3. The van der Waals surface area contributed by atoms with Crippen molar-refractivity contribution in [3.05, 3.63) is 35.9 Å². The summed E-state index contributed by atoms with van der Waals surface area (Å²) < 4.78 is 0. The van der Waals surface area contributed by atoms with E-state index in [9.17, 15) is 9.59 Å². The van der Waals surface area contributed by atoms with E-state index in [1.807, 2.05) is 0 Å². The topological polar surface area (TPSA) is 78.4 Å². The smallest absolute Gasteiger partial charge is 0.330 e. The summed E-state index contributed by atoms with van der Waals surface area (Å²) in [5.41, 5.74) is 0.575. The zero-order valence-corrected chi connectivity index (χ0v) is 10.6. The Bertz CT molecular complexity index is 443. The first-order valence-corrected chi connectivity index (χ1v) is 6.44. The summed E-state index contributed by atoms with van der Waals surface area (Å²) in [5, 5.41) is 14.7. The number of benzene rings is 1. The number of rotatable bonds is 7. The van der Waals surface area contributed by atoms with Crippen molar-refractivity contribution in [3.63, 3.8) is 0 Å². The van der Waals surface area contributed by atoms with Crippen molar-refractivity contribution in [2.75, 3.05) is 13.1 Å². The standard InChI is InChI=1S/C14H18N2O3/c17-12(9-15-8-10-6-7-10)16-13(14(18)19)11-4-2-1-3-5-11/h1-5,10,13,15H,6-9H2,(H,16,17)(H,18,19). The molecular formula is C14H18N2O3. The van der Waals surface area contributed by atoms with E-state index in [-0.39, 0.29) is 12.5 Å². The second-order valence-corrected chi connectivity index (χ2v) is 4.82. The monoisotopic (exact) mass is 262 g/mol. The minimum Gasteiger partial charge on any atom is -0.479 e. The predicted octanol–water partition coefficient (Wildman–Crippen LogP) is 0.928. The average molecular weight is 262 g/mol. The minimum absolute atomic E-state index is 0.160. The van der Waals surface area contributed by atoms with Crippen LogP contribution < -0.4 is 10.6 Å². The third kappa shape index (κ3) is 4.37. The first-order valence-electron chi connectivity index (χ1n) is 6.44. The van der Waals surface area contributed by atoms with Crippen LogP contribution >= 0.6 is 0 Å². The maximum absolute atomic E-state index is 11.7. The quantitative estimate of drug-likeness (QED) is 0.683. The largest absolute Gasteiger partial charge is 0.479 e. The fourth-order valence-electron chi connectivity index (χ4n) is 1.86. The van der Waals surface area contributed by atoms with Gasteiger partial charge in [-0.15, -0.1) is 0 Å². The molecule has 0 aliphatic heterocycles. The zero-order chi connectivity index (χ0) is 13.7. The van der Waals surface area contributed by atoms with Crippen LogP contribution in [0.15, 0.2) is 30.3 Å². The van der Waals surface area contributed by atoms with E-state index in [1.54, 1.807) is 30.3 Å². The van der Waals surface area contributed by atoms with Crippen molar-refractivity contribution in [2.45, 2.75) is 18.9 Å². The molecule has 1 fully saturated rings. The van der Waals surface area contributed by atoms with E-state index in [1.165, 1.54) is 12.8 Å². The zero-order valence-electron chi connectivity index (χ0n) is 10.6. The summed E-state index contributed by atoms with van der Waals surface area (Å²) in [7, 11) is 0. The molecule has 1 saturated carbocycles. The molecule has 102 valence electrons. The molecular weight excluding hydrogens is 244 g/mol. The Labute approximate surface area is 112 Å². The Balaban J connectivity index is 1.85. The van der Waals surface area contributed by atoms with E-state index in [0.717, 1.165) is 6.54 Å². The lowest BCUT2D eigenvalue weighted by atomic mass is 10.1. The lowest BCUT2D eigenvalue weighted by molar-refractivity contribution is -0.141. The summed E-state index contributed by atoms with van der Waals surface area (Å²) in [6.45, 7) is 0.990. The first-order chi connectivity index (χ1) is 9.16. The molecule has 0 radical (unpaired) electrons. The van der Waals surface area contributed by atoms with E-state index in [4.69, 9.17) is 5.11 Å². The Hall–Kier alpha value is -1.88. The van der Waals surface area contributed by atoms with Gasteiger partial charge >= 0.3 is 5.97 Å². The molecule has 5 nitrogen and oxygen atoms in total. The van der Waals surface area contributed by atoms with Crippen LogP contribution in [0.1, 0.15) is 24.4 Å². The SMILES string of the molecule is O=C(CNCC1CC1)NC(C(=O)O)c1ccccc1. The normalized spacial score (nSPS) is 15.8. The van der Waals surface area contributed by atoms with Gasteiger partial charge in [0.2, 0.25) is 5.91 Å². The second kappa shape index (κ2) is 6.33. The molecule has 0 spiro atoms. The maximum atomic E-state index is 11.7. The van der Waals surface area contributed by atoms with Crippen LogP contribution in [0.2, 0.25) is 0 Å². The predicted molar refractivity (Wildman–Crippen MR) is 70.6 cm³/mol. The lowest BCUT2D eigenvalue weighted by Gasteiger charge is -2.15.